The van der Waals surface area contributed by atoms with Crippen molar-refractivity contribution in [2.24, 2.45) is 0 Å². The lowest BCUT2D eigenvalue weighted by molar-refractivity contribution is -0.388. The van der Waals surface area contributed by atoms with E-state index in [1.807, 2.05) is 0 Å². The number of amides is 1. The molecule has 0 aliphatic heterocycles. The van der Waals surface area contributed by atoms with Gasteiger partial charge in [-0.2, -0.15) is 13.2 Å². The lowest BCUT2D eigenvalue weighted by atomic mass is 10.2. The molecule has 2 aromatic rings. The Labute approximate surface area is 143 Å². The predicted octanol–water partition coefficient (Wildman–Crippen LogP) is 4.48. The van der Waals surface area contributed by atoms with Crippen LogP contribution in [0.15, 0.2) is 47.4 Å². The lowest BCUT2D eigenvalue weighted by Crippen LogP contribution is -2.14. The highest BCUT2D eigenvalue weighted by Crippen LogP contribution is 2.36. The number of halogens is 4. The highest BCUT2D eigenvalue weighted by Gasteiger charge is 2.33. The van der Waals surface area contributed by atoms with Crippen LogP contribution in [0.1, 0.15) is 5.56 Å². The molecule has 1 N–H and O–H groups in total. The van der Waals surface area contributed by atoms with Crippen molar-refractivity contribution in [3.8, 4) is 0 Å². The normalized spacial score (nSPS) is 11.2. The molecule has 1 amide bonds. The van der Waals surface area contributed by atoms with E-state index >= 15 is 0 Å². The average molecular weight is 374 g/mol. The minimum atomic E-state index is -4.70. The first kappa shape index (κ1) is 18.7. The van der Waals surface area contributed by atoms with E-state index in [2.05, 4.69) is 5.32 Å². The van der Waals surface area contributed by atoms with Gasteiger partial charge in [0.1, 0.15) is 5.82 Å². The Balaban J connectivity index is 2.07. The molecular formula is C15H10F4N2O3S. The molecule has 5 nitrogen and oxygen atoms in total. The number of alkyl halides is 3. The summed E-state index contributed by atoms with van der Waals surface area (Å²) < 4.78 is 50.7. The largest absolute Gasteiger partial charge is 0.416 e. The Bertz CT molecular complexity index is 794. The molecule has 0 radical (unpaired) electrons. The number of benzene rings is 2. The number of thioether (sulfide) groups is 1. The van der Waals surface area contributed by atoms with Crippen LogP contribution in [0.3, 0.4) is 0 Å². The van der Waals surface area contributed by atoms with Crippen molar-refractivity contribution < 1.29 is 27.3 Å². The fourth-order valence-corrected chi connectivity index (χ4v) is 2.64. The van der Waals surface area contributed by atoms with Gasteiger partial charge in [0.05, 0.1) is 21.1 Å². The first-order valence-electron chi connectivity index (χ1n) is 6.70. The molecule has 0 saturated heterocycles. The van der Waals surface area contributed by atoms with Gasteiger partial charge in [-0.1, -0.05) is 0 Å². The van der Waals surface area contributed by atoms with Crippen molar-refractivity contribution in [1.29, 1.82) is 0 Å². The summed E-state index contributed by atoms with van der Waals surface area (Å²) in [5.74, 6) is -1.28. The van der Waals surface area contributed by atoms with Crippen LogP contribution in [0.4, 0.5) is 28.9 Å². The third-order valence-corrected chi connectivity index (χ3v) is 4.03. The molecule has 10 heteroatoms. The number of nitro groups is 1. The molecular weight excluding hydrogens is 364 g/mol. The van der Waals surface area contributed by atoms with E-state index in [0.717, 1.165) is 30.0 Å². The molecule has 0 heterocycles. The third-order valence-electron chi connectivity index (χ3n) is 2.97. The van der Waals surface area contributed by atoms with Gasteiger partial charge in [0.2, 0.25) is 5.91 Å². The molecule has 0 atom stereocenters. The highest BCUT2D eigenvalue weighted by atomic mass is 32.2. The van der Waals surface area contributed by atoms with Crippen molar-refractivity contribution in [2.45, 2.75) is 11.1 Å². The Hall–Kier alpha value is -2.62. The van der Waals surface area contributed by atoms with E-state index in [0.29, 0.717) is 17.8 Å². The fraction of sp³-hybridized carbons (Fsp3) is 0.133. The average Bonchev–Trinajstić information content (AvgIpc) is 2.54. The summed E-state index contributed by atoms with van der Waals surface area (Å²) in [6.07, 6.45) is -4.70. The van der Waals surface area contributed by atoms with Gasteiger partial charge in [-0.05, 0) is 36.4 Å². The molecule has 0 aliphatic rings. The minimum Gasteiger partial charge on any atom is -0.325 e. The van der Waals surface area contributed by atoms with E-state index in [1.165, 1.54) is 12.1 Å². The lowest BCUT2D eigenvalue weighted by Gasteiger charge is -2.09. The van der Waals surface area contributed by atoms with Crippen LogP contribution < -0.4 is 5.32 Å². The third kappa shape index (κ3) is 5.18. The van der Waals surface area contributed by atoms with Crippen molar-refractivity contribution in [1.82, 2.24) is 0 Å². The summed E-state index contributed by atoms with van der Waals surface area (Å²) in [5.41, 5.74) is -1.54. The SMILES string of the molecule is O=C(CSc1ccc(C(F)(F)F)cc1[N+](=O)[O-])Nc1ccc(F)cc1. The van der Waals surface area contributed by atoms with Crippen LogP contribution in [0.2, 0.25) is 0 Å². The molecule has 2 rings (SSSR count). The molecule has 25 heavy (non-hydrogen) atoms. The first-order chi connectivity index (χ1) is 11.7. The number of nitrogens with one attached hydrogen (secondary N) is 1. The molecule has 2 aromatic carbocycles. The number of rotatable bonds is 5. The van der Waals surface area contributed by atoms with Gasteiger partial charge in [-0.3, -0.25) is 14.9 Å². The molecule has 0 unspecified atom stereocenters. The van der Waals surface area contributed by atoms with Crippen molar-refractivity contribution in [3.63, 3.8) is 0 Å². The molecule has 0 aliphatic carbocycles. The number of hydrogen-bond donors (Lipinski definition) is 1. The Morgan fingerprint density at radius 2 is 1.80 bits per heavy atom. The second kappa shape index (κ2) is 7.51. The van der Waals surface area contributed by atoms with Crippen LogP contribution in [-0.4, -0.2) is 16.6 Å². The van der Waals surface area contributed by atoms with Crippen LogP contribution in [0.25, 0.3) is 0 Å². The molecule has 0 spiro atoms. The van der Waals surface area contributed by atoms with Gasteiger partial charge < -0.3 is 5.32 Å². The number of carbonyl (C=O) groups is 1. The number of nitrogens with zero attached hydrogens (tertiary/aromatic N) is 1. The molecule has 132 valence electrons. The summed E-state index contributed by atoms with van der Waals surface area (Å²) in [6, 6.07) is 7.05. The summed E-state index contributed by atoms with van der Waals surface area (Å²) in [7, 11) is 0. The van der Waals surface area contributed by atoms with Crippen molar-refractivity contribution in [3.05, 3.63) is 64.0 Å². The Morgan fingerprint density at radius 3 is 2.36 bits per heavy atom. The van der Waals surface area contributed by atoms with Gasteiger partial charge in [-0.15, -0.1) is 11.8 Å². The van der Waals surface area contributed by atoms with E-state index in [-0.39, 0.29) is 10.6 Å². The van der Waals surface area contributed by atoms with E-state index < -0.39 is 34.1 Å². The van der Waals surface area contributed by atoms with Crippen LogP contribution >= 0.6 is 11.8 Å². The van der Waals surface area contributed by atoms with E-state index in [9.17, 15) is 32.5 Å². The summed E-state index contributed by atoms with van der Waals surface area (Å²) in [5, 5.41) is 13.4. The van der Waals surface area contributed by atoms with Crippen LogP contribution in [-0.2, 0) is 11.0 Å². The maximum atomic E-state index is 12.8. The fourth-order valence-electron chi connectivity index (χ4n) is 1.83. The number of nitro benzene ring substituents is 1. The Kier molecular flexibility index (Phi) is 5.62. The predicted molar refractivity (Wildman–Crippen MR) is 83.9 cm³/mol. The maximum Gasteiger partial charge on any atom is 0.416 e. The van der Waals surface area contributed by atoms with Crippen LogP contribution in [0.5, 0.6) is 0 Å². The zero-order chi connectivity index (χ0) is 18.6. The van der Waals surface area contributed by atoms with E-state index in [1.54, 1.807) is 0 Å². The van der Waals surface area contributed by atoms with Gasteiger partial charge in [0.25, 0.3) is 5.69 Å². The van der Waals surface area contributed by atoms with Gasteiger partial charge in [0, 0.05) is 11.8 Å². The van der Waals surface area contributed by atoms with Crippen LogP contribution in [0, 0.1) is 15.9 Å². The number of carbonyl (C=O) groups excluding carboxylic acids is 1. The molecule has 0 saturated carbocycles. The maximum absolute atomic E-state index is 12.8. The topological polar surface area (TPSA) is 72.2 Å². The standard InChI is InChI=1S/C15H10F4N2O3S/c16-10-2-4-11(5-3-10)20-14(22)8-25-13-6-1-9(15(17,18)19)7-12(13)21(23)24/h1-7H,8H2,(H,20,22). The zero-order valence-electron chi connectivity index (χ0n) is 12.3. The molecule has 0 aromatic heterocycles. The minimum absolute atomic E-state index is 0.0627. The van der Waals surface area contributed by atoms with Gasteiger partial charge >= 0.3 is 6.18 Å². The van der Waals surface area contributed by atoms with Gasteiger partial charge in [0.15, 0.2) is 0 Å². The number of hydrogen-bond acceptors (Lipinski definition) is 4. The Morgan fingerprint density at radius 1 is 1.16 bits per heavy atom. The molecule has 0 fully saturated rings. The zero-order valence-corrected chi connectivity index (χ0v) is 13.2. The quantitative estimate of drug-likeness (QED) is 0.362. The highest BCUT2D eigenvalue weighted by molar-refractivity contribution is 8.00. The smallest absolute Gasteiger partial charge is 0.325 e. The summed E-state index contributed by atoms with van der Waals surface area (Å²) in [4.78, 5) is 21.8. The van der Waals surface area contributed by atoms with Crippen molar-refractivity contribution in [2.75, 3.05) is 11.1 Å². The van der Waals surface area contributed by atoms with Crippen molar-refractivity contribution >= 4 is 29.0 Å². The van der Waals surface area contributed by atoms with Gasteiger partial charge in [-0.25, -0.2) is 4.39 Å². The summed E-state index contributed by atoms with van der Waals surface area (Å²) in [6.45, 7) is 0. The molecule has 0 bridgehead atoms. The number of anilines is 1. The second-order valence-electron chi connectivity index (χ2n) is 4.78. The second-order valence-corrected chi connectivity index (χ2v) is 5.80. The first-order valence-corrected chi connectivity index (χ1v) is 7.69. The monoisotopic (exact) mass is 374 g/mol. The van der Waals surface area contributed by atoms with E-state index in [4.69, 9.17) is 0 Å². The summed E-state index contributed by atoms with van der Waals surface area (Å²) >= 11 is 0.730.